The molecular weight excluding hydrogens is 252 g/mol. The number of hydrogen-bond donors (Lipinski definition) is 1. The van der Waals surface area contributed by atoms with Crippen molar-refractivity contribution in [1.82, 2.24) is 4.98 Å². The lowest BCUT2D eigenvalue weighted by Gasteiger charge is -2.30. The molecule has 0 spiro atoms. The molecule has 0 bridgehead atoms. The molecule has 106 valence electrons. The van der Waals surface area contributed by atoms with E-state index in [1.54, 1.807) is 7.11 Å². The fourth-order valence-electron chi connectivity index (χ4n) is 2.73. The third-order valence-electron chi connectivity index (χ3n) is 4.28. The minimum atomic E-state index is -0.0790. The average molecular weight is 272 g/mol. The molecule has 3 rings (SSSR count). The van der Waals surface area contributed by atoms with Gasteiger partial charge in [0, 0.05) is 23.6 Å². The van der Waals surface area contributed by atoms with E-state index in [1.807, 2.05) is 24.4 Å². The van der Waals surface area contributed by atoms with Crippen molar-refractivity contribution in [2.45, 2.75) is 31.9 Å². The van der Waals surface area contributed by atoms with E-state index in [2.05, 4.69) is 30.2 Å². The Morgan fingerprint density at radius 3 is 2.90 bits per heavy atom. The fourth-order valence-corrected chi connectivity index (χ4v) is 2.73. The van der Waals surface area contributed by atoms with E-state index in [0.717, 1.165) is 35.4 Å². The summed E-state index contributed by atoms with van der Waals surface area (Å²) in [5, 5.41) is 5.72. The van der Waals surface area contributed by atoms with Crippen molar-refractivity contribution in [1.29, 1.82) is 0 Å². The quantitative estimate of drug-likeness (QED) is 0.931. The molecule has 2 heterocycles. The Morgan fingerprint density at radius 1 is 1.35 bits per heavy atom. The summed E-state index contributed by atoms with van der Waals surface area (Å²) < 4.78 is 11.1. The second-order valence-electron chi connectivity index (χ2n) is 5.52. The molecule has 0 amide bonds. The van der Waals surface area contributed by atoms with Crippen molar-refractivity contribution in [2.75, 3.05) is 19.0 Å². The van der Waals surface area contributed by atoms with Gasteiger partial charge in [0.15, 0.2) is 0 Å². The number of ether oxygens (including phenoxy) is 2. The zero-order chi connectivity index (χ0) is 14.2. The largest absolute Gasteiger partial charge is 0.496 e. The SMILES string of the molecule is COc1cccc2c(NC3(C)CCOC3C)nccc12. The summed E-state index contributed by atoms with van der Waals surface area (Å²) in [6, 6.07) is 8.01. The number of anilines is 1. The lowest BCUT2D eigenvalue weighted by atomic mass is 9.94. The van der Waals surface area contributed by atoms with Gasteiger partial charge in [0.1, 0.15) is 11.6 Å². The van der Waals surface area contributed by atoms with Crippen LogP contribution in [0.25, 0.3) is 10.8 Å². The molecule has 0 saturated carbocycles. The van der Waals surface area contributed by atoms with Crippen molar-refractivity contribution in [3.05, 3.63) is 30.5 Å². The minimum Gasteiger partial charge on any atom is -0.496 e. The summed E-state index contributed by atoms with van der Waals surface area (Å²) in [4.78, 5) is 4.50. The van der Waals surface area contributed by atoms with Crippen LogP contribution in [0.2, 0.25) is 0 Å². The zero-order valence-electron chi connectivity index (χ0n) is 12.1. The lowest BCUT2D eigenvalue weighted by molar-refractivity contribution is 0.105. The molecule has 1 fully saturated rings. The Balaban J connectivity index is 2.04. The van der Waals surface area contributed by atoms with Gasteiger partial charge in [0.05, 0.1) is 18.8 Å². The van der Waals surface area contributed by atoms with Crippen LogP contribution in [0.4, 0.5) is 5.82 Å². The van der Waals surface area contributed by atoms with Crippen LogP contribution in [0.1, 0.15) is 20.3 Å². The number of methoxy groups -OCH3 is 1. The van der Waals surface area contributed by atoms with Crippen LogP contribution in [0.15, 0.2) is 30.5 Å². The molecule has 0 radical (unpaired) electrons. The predicted molar refractivity (Wildman–Crippen MR) is 80.4 cm³/mol. The van der Waals surface area contributed by atoms with E-state index in [1.165, 1.54) is 0 Å². The lowest BCUT2D eigenvalue weighted by Crippen LogP contribution is -2.41. The van der Waals surface area contributed by atoms with Crippen LogP contribution in [-0.2, 0) is 4.74 Å². The highest BCUT2D eigenvalue weighted by Crippen LogP contribution is 2.34. The van der Waals surface area contributed by atoms with E-state index in [4.69, 9.17) is 9.47 Å². The zero-order valence-corrected chi connectivity index (χ0v) is 12.1. The van der Waals surface area contributed by atoms with Crippen LogP contribution >= 0.6 is 0 Å². The van der Waals surface area contributed by atoms with E-state index in [0.29, 0.717) is 0 Å². The van der Waals surface area contributed by atoms with Crippen molar-refractivity contribution < 1.29 is 9.47 Å². The molecule has 4 heteroatoms. The molecule has 1 aromatic carbocycles. The Morgan fingerprint density at radius 2 is 2.20 bits per heavy atom. The summed E-state index contributed by atoms with van der Waals surface area (Å²) >= 11 is 0. The number of nitrogens with one attached hydrogen (secondary N) is 1. The molecule has 1 N–H and O–H groups in total. The molecule has 2 unspecified atom stereocenters. The molecule has 1 aromatic heterocycles. The van der Waals surface area contributed by atoms with E-state index in [9.17, 15) is 0 Å². The van der Waals surface area contributed by atoms with Gasteiger partial charge in [0.25, 0.3) is 0 Å². The Labute approximate surface area is 119 Å². The van der Waals surface area contributed by atoms with Gasteiger partial charge < -0.3 is 14.8 Å². The Kier molecular flexibility index (Phi) is 3.26. The minimum absolute atomic E-state index is 0.0790. The molecule has 2 aromatic rings. The Hall–Kier alpha value is -1.81. The third-order valence-corrected chi connectivity index (χ3v) is 4.28. The van der Waals surface area contributed by atoms with E-state index < -0.39 is 0 Å². The first-order valence-corrected chi connectivity index (χ1v) is 6.95. The number of rotatable bonds is 3. The Bertz CT molecular complexity index is 629. The van der Waals surface area contributed by atoms with Crippen LogP contribution in [-0.4, -0.2) is 30.3 Å². The van der Waals surface area contributed by atoms with Crippen LogP contribution in [0, 0.1) is 0 Å². The smallest absolute Gasteiger partial charge is 0.134 e. The molecule has 1 saturated heterocycles. The second kappa shape index (κ2) is 4.94. The van der Waals surface area contributed by atoms with Gasteiger partial charge in [-0.05, 0) is 32.4 Å². The molecule has 2 atom stereocenters. The molecule has 20 heavy (non-hydrogen) atoms. The normalized spacial score (nSPS) is 25.9. The van der Waals surface area contributed by atoms with Crippen LogP contribution in [0.3, 0.4) is 0 Å². The number of pyridine rings is 1. The number of hydrogen-bond acceptors (Lipinski definition) is 4. The first-order chi connectivity index (χ1) is 9.64. The number of nitrogens with zero attached hydrogens (tertiary/aromatic N) is 1. The highest BCUT2D eigenvalue weighted by Gasteiger charge is 2.37. The van der Waals surface area contributed by atoms with Crippen molar-refractivity contribution in [2.24, 2.45) is 0 Å². The third kappa shape index (κ3) is 2.10. The summed E-state index contributed by atoms with van der Waals surface area (Å²) in [6.07, 6.45) is 2.97. The van der Waals surface area contributed by atoms with Gasteiger partial charge >= 0.3 is 0 Å². The first kappa shape index (κ1) is 13.2. The van der Waals surface area contributed by atoms with E-state index in [-0.39, 0.29) is 11.6 Å². The van der Waals surface area contributed by atoms with Crippen molar-refractivity contribution >= 4 is 16.6 Å². The van der Waals surface area contributed by atoms with Gasteiger partial charge in [-0.15, -0.1) is 0 Å². The van der Waals surface area contributed by atoms with Crippen molar-refractivity contribution in [3.8, 4) is 5.75 Å². The summed E-state index contributed by atoms with van der Waals surface area (Å²) in [6.45, 7) is 5.08. The van der Waals surface area contributed by atoms with Gasteiger partial charge in [-0.3, -0.25) is 0 Å². The van der Waals surface area contributed by atoms with Crippen LogP contribution < -0.4 is 10.1 Å². The van der Waals surface area contributed by atoms with Gasteiger partial charge in [-0.2, -0.15) is 0 Å². The maximum absolute atomic E-state index is 5.68. The number of fused-ring (bicyclic) bond motifs is 1. The average Bonchev–Trinajstić information content (AvgIpc) is 2.78. The summed E-state index contributed by atoms with van der Waals surface area (Å²) in [5.74, 6) is 1.76. The monoisotopic (exact) mass is 272 g/mol. The predicted octanol–water partition coefficient (Wildman–Crippen LogP) is 3.22. The van der Waals surface area contributed by atoms with Crippen molar-refractivity contribution in [3.63, 3.8) is 0 Å². The van der Waals surface area contributed by atoms with E-state index >= 15 is 0 Å². The van der Waals surface area contributed by atoms with Gasteiger partial charge in [-0.1, -0.05) is 12.1 Å². The number of benzene rings is 1. The molecule has 4 nitrogen and oxygen atoms in total. The van der Waals surface area contributed by atoms with Crippen LogP contribution in [0.5, 0.6) is 5.75 Å². The summed E-state index contributed by atoms with van der Waals surface area (Å²) in [7, 11) is 1.69. The number of aromatic nitrogens is 1. The molecule has 0 aliphatic carbocycles. The molecule has 1 aliphatic rings. The first-order valence-electron chi connectivity index (χ1n) is 6.95. The maximum atomic E-state index is 5.68. The fraction of sp³-hybridized carbons (Fsp3) is 0.438. The summed E-state index contributed by atoms with van der Waals surface area (Å²) in [5.41, 5.74) is -0.0790. The molecule has 1 aliphatic heterocycles. The highest BCUT2D eigenvalue weighted by molar-refractivity contribution is 5.96. The second-order valence-corrected chi connectivity index (χ2v) is 5.52. The van der Waals surface area contributed by atoms with Gasteiger partial charge in [-0.25, -0.2) is 4.98 Å². The topological polar surface area (TPSA) is 43.4 Å². The highest BCUT2D eigenvalue weighted by atomic mass is 16.5. The van der Waals surface area contributed by atoms with Gasteiger partial charge in [0.2, 0.25) is 0 Å². The maximum Gasteiger partial charge on any atom is 0.134 e. The standard InChI is InChI=1S/C16H20N2O2/c1-11-16(2,8-10-20-11)18-15-13-5-4-6-14(19-3)12(13)7-9-17-15/h4-7,9,11H,8,10H2,1-3H3,(H,17,18). The molecular formula is C16H20N2O2.